The van der Waals surface area contributed by atoms with Crippen LogP contribution in [0.2, 0.25) is 0 Å². The lowest BCUT2D eigenvalue weighted by Gasteiger charge is -2.44. The molecule has 3 aliphatic rings. The van der Waals surface area contributed by atoms with E-state index in [0.717, 1.165) is 38.8 Å². The van der Waals surface area contributed by atoms with E-state index >= 15 is 0 Å². The highest BCUT2D eigenvalue weighted by molar-refractivity contribution is 6.54. The van der Waals surface area contributed by atoms with Crippen molar-refractivity contribution in [2.45, 2.75) is 97.4 Å². The standard InChI is InChI=1S/C21H36BNO4/c1-18(2,3)25-17(24)23-14-8-11-21(15-23)12-9-16(10-13-21)22-26-19(4,5)20(6,7)27-22/h9H,8,10-15H2,1-7H3. The van der Waals surface area contributed by atoms with E-state index in [4.69, 9.17) is 14.0 Å². The lowest BCUT2D eigenvalue weighted by atomic mass is 9.63. The van der Waals surface area contributed by atoms with Crippen molar-refractivity contribution in [3.05, 3.63) is 11.5 Å². The number of amides is 1. The molecule has 6 heteroatoms. The monoisotopic (exact) mass is 377 g/mol. The van der Waals surface area contributed by atoms with Gasteiger partial charge in [-0.3, -0.25) is 0 Å². The van der Waals surface area contributed by atoms with Crippen LogP contribution in [0.25, 0.3) is 0 Å². The number of rotatable bonds is 1. The highest BCUT2D eigenvalue weighted by Gasteiger charge is 2.53. The number of likely N-dealkylation sites (tertiary alicyclic amines) is 1. The number of hydrogen-bond donors (Lipinski definition) is 0. The first-order valence-electron chi connectivity index (χ1n) is 10.4. The minimum Gasteiger partial charge on any atom is -0.444 e. The number of allylic oxidation sites excluding steroid dienone is 2. The molecule has 27 heavy (non-hydrogen) atoms. The van der Waals surface area contributed by atoms with Crippen molar-refractivity contribution in [1.82, 2.24) is 4.90 Å². The Balaban J connectivity index is 1.64. The van der Waals surface area contributed by atoms with E-state index in [-0.39, 0.29) is 29.8 Å². The van der Waals surface area contributed by atoms with Crippen LogP contribution in [-0.2, 0) is 14.0 Å². The van der Waals surface area contributed by atoms with Crippen molar-refractivity contribution in [3.8, 4) is 0 Å². The zero-order valence-corrected chi connectivity index (χ0v) is 18.2. The van der Waals surface area contributed by atoms with Crippen LogP contribution in [-0.4, -0.2) is 48.0 Å². The van der Waals surface area contributed by atoms with Gasteiger partial charge in [0.25, 0.3) is 0 Å². The van der Waals surface area contributed by atoms with Crippen LogP contribution >= 0.6 is 0 Å². The van der Waals surface area contributed by atoms with Gasteiger partial charge >= 0.3 is 13.2 Å². The first-order valence-corrected chi connectivity index (χ1v) is 10.4. The van der Waals surface area contributed by atoms with E-state index in [9.17, 15) is 4.79 Å². The Bertz CT molecular complexity index is 606. The fourth-order valence-corrected chi connectivity index (χ4v) is 4.23. The van der Waals surface area contributed by atoms with Crippen LogP contribution in [0.5, 0.6) is 0 Å². The third-order valence-electron chi connectivity index (χ3n) is 6.61. The third-order valence-corrected chi connectivity index (χ3v) is 6.61. The molecule has 0 aromatic carbocycles. The van der Waals surface area contributed by atoms with E-state index in [1.54, 1.807) is 0 Å². The van der Waals surface area contributed by atoms with Crippen LogP contribution in [0.1, 0.15) is 80.6 Å². The molecule has 2 heterocycles. The highest BCUT2D eigenvalue weighted by Crippen LogP contribution is 2.46. The van der Waals surface area contributed by atoms with Gasteiger partial charge in [-0.05, 0) is 91.5 Å². The van der Waals surface area contributed by atoms with Crippen molar-refractivity contribution in [2.24, 2.45) is 5.41 Å². The summed E-state index contributed by atoms with van der Waals surface area (Å²) in [5.74, 6) is 0. The number of ether oxygens (including phenoxy) is 1. The molecule has 0 radical (unpaired) electrons. The van der Waals surface area contributed by atoms with Gasteiger partial charge < -0.3 is 18.9 Å². The lowest BCUT2D eigenvalue weighted by Crippen LogP contribution is -2.48. The van der Waals surface area contributed by atoms with Gasteiger partial charge in [0.2, 0.25) is 0 Å². The van der Waals surface area contributed by atoms with E-state index < -0.39 is 5.60 Å². The predicted octanol–water partition coefficient (Wildman–Crippen LogP) is 4.75. The summed E-state index contributed by atoms with van der Waals surface area (Å²) in [7, 11) is -0.238. The Kier molecular flexibility index (Phi) is 5.22. The van der Waals surface area contributed by atoms with Gasteiger partial charge in [0.05, 0.1) is 11.2 Å². The molecule has 0 aromatic rings. The number of carbonyl (C=O) groups is 1. The summed E-state index contributed by atoms with van der Waals surface area (Å²) in [6.45, 7) is 15.7. The van der Waals surface area contributed by atoms with Gasteiger partial charge in [-0.1, -0.05) is 6.08 Å². The van der Waals surface area contributed by atoms with E-state index in [1.807, 2.05) is 25.7 Å². The minimum atomic E-state index is -0.446. The average molecular weight is 377 g/mol. The van der Waals surface area contributed by atoms with Gasteiger partial charge in [-0.2, -0.15) is 0 Å². The van der Waals surface area contributed by atoms with E-state index in [1.165, 1.54) is 11.9 Å². The molecule has 2 fully saturated rings. The summed E-state index contributed by atoms with van der Waals surface area (Å²) in [4.78, 5) is 14.4. The van der Waals surface area contributed by atoms with Gasteiger partial charge in [-0.15, -0.1) is 0 Å². The van der Waals surface area contributed by atoms with Gasteiger partial charge in [0.1, 0.15) is 5.60 Å². The number of hydrogen-bond acceptors (Lipinski definition) is 4. The second kappa shape index (κ2) is 6.80. The zero-order chi connectivity index (χ0) is 20.1. The molecule has 2 aliphatic heterocycles. The van der Waals surface area contributed by atoms with Crippen LogP contribution in [0.4, 0.5) is 4.79 Å². The second-order valence-electron chi connectivity index (χ2n) is 10.6. The topological polar surface area (TPSA) is 48.0 Å². The van der Waals surface area contributed by atoms with Crippen molar-refractivity contribution in [2.75, 3.05) is 13.1 Å². The largest absolute Gasteiger partial charge is 0.490 e. The summed E-state index contributed by atoms with van der Waals surface area (Å²) >= 11 is 0. The first kappa shape index (κ1) is 20.7. The zero-order valence-electron chi connectivity index (χ0n) is 18.2. The Morgan fingerprint density at radius 3 is 2.30 bits per heavy atom. The molecule has 5 nitrogen and oxygen atoms in total. The smallest absolute Gasteiger partial charge is 0.444 e. The molecule has 1 aliphatic carbocycles. The molecule has 1 spiro atoms. The highest BCUT2D eigenvalue weighted by atomic mass is 16.7. The maximum Gasteiger partial charge on any atom is 0.490 e. The maximum atomic E-state index is 12.5. The fraction of sp³-hybridized carbons (Fsp3) is 0.857. The Labute approximate surface area is 164 Å². The Hall–Kier alpha value is -1.01. The van der Waals surface area contributed by atoms with Gasteiger partial charge in [-0.25, -0.2) is 4.79 Å². The van der Waals surface area contributed by atoms with Crippen molar-refractivity contribution < 1.29 is 18.8 Å². The van der Waals surface area contributed by atoms with Crippen LogP contribution in [0.15, 0.2) is 11.5 Å². The van der Waals surface area contributed by atoms with Crippen molar-refractivity contribution >= 4 is 13.2 Å². The molecule has 152 valence electrons. The second-order valence-corrected chi connectivity index (χ2v) is 10.6. The lowest BCUT2D eigenvalue weighted by molar-refractivity contribution is 0.00217. The predicted molar refractivity (Wildman–Crippen MR) is 107 cm³/mol. The summed E-state index contributed by atoms with van der Waals surface area (Å²) in [5, 5.41) is 0. The number of piperidine rings is 1. The average Bonchev–Trinajstić information content (AvgIpc) is 2.74. The number of carbonyl (C=O) groups excluding carboxylic acids is 1. The summed E-state index contributed by atoms with van der Waals surface area (Å²) in [6.07, 6.45) is 7.36. The molecular formula is C21H36BNO4. The fourth-order valence-electron chi connectivity index (χ4n) is 4.23. The minimum absolute atomic E-state index is 0.169. The quantitative estimate of drug-likeness (QED) is 0.619. The molecule has 0 aromatic heterocycles. The van der Waals surface area contributed by atoms with Crippen molar-refractivity contribution in [1.29, 1.82) is 0 Å². The molecule has 0 bridgehead atoms. The summed E-state index contributed by atoms with van der Waals surface area (Å²) in [6, 6.07) is 0. The number of nitrogens with zero attached hydrogens (tertiary/aromatic N) is 1. The van der Waals surface area contributed by atoms with E-state index in [0.29, 0.717) is 0 Å². The first-order chi connectivity index (χ1) is 12.3. The molecule has 1 amide bonds. The van der Waals surface area contributed by atoms with Crippen LogP contribution < -0.4 is 0 Å². The van der Waals surface area contributed by atoms with Crippen LogP contribution in [0.3, 0.4) is 0 Å². The molecule has 0 N–H and O–H groups in total. The summed E-state index contributed by atoms with van der Waals surface area (Å²) in [5.41, 5.74) is 0.381. The molecule has 1 unspecified atom stereocenters. The van der Waals surface area contributed by atoms with Gasteiger partial charge in [0.15, 0.2) is 0 Å². The third kappa shape index (κ3) is 4.37. The summed E-state index contributed by atoms with van der Waals surface area (Å²) < 4.78 is 18.0. The van der Waals surface area contributed by atoms with Crippen LogP contribution in [0, 0.1) is 5.41 Å². The Morgan fingerprint density at radius 1 is 1.15 bits per heavy atom. The normalized spacial score (nSPS) is 30.4. The molecule has 0 saturated carbocycles. The van der Waals surface area contributed by atoms with E-state index in [2.05, 4.69) is 33.8 Å². The molecular weight excluding hydrogens is 341 g/mol. The Morgan fingerprint density at radius 2 is 1.78 bits per heavy atom. The SMILES string of the molecule is CC(C)(C)OC(=O)N1CCCC2(CC=C(B3OC(C)(C)C(C)(C)O3)CC2)C1. The van der Waals surface area contributed by atoms with Crippen molar-refractivity contribution in [3.63, 3.8) is 0 Å². The maximum absolute atomic E-state index is 12.5. The molecule has 2 saturated heterocycles. The van der Waals surface area contributed by atoms with Gasteiger partial charge in [0, 0.05) is 13.1 Å². The molecule has 1 atom stereocenters. The molecule has 3 rings (SSSR count).